The number of carbonyl (C=O) groups is 1. The van der Waals surface area contributed by atoms with Gasteiger partial charge in [-0.2, -0.15) is 4.31 Å². The zero-order chi connectivity index (χ0) is 14.9. The van der Waals surface area contributed by atoms with Crippen LogP contribution in [0.15, 0.2) is 12.4 Å². The van der Waals surface area contributed by atoms with Gasteiger partial charge in [-0.3, -0.25) is 14.8 Å². The molecule has 1 atom stereocenters. The van der Waals surface area contributed by atoms with Gasteiger partial charge in [0, 0.05) is 18.8 Å². The lowest BCUT2D eigenvalue weighted by Gasteiger charge is -2.34. The second kappa shape index (κ2) is 5.45. The van der Waals surface area contributed by atoms with Gasteiger partial charge in [-0.15, -0.1) is 0 Å². The number of ether oxygens (including phenoxy) is 1. The Bertz CT molecular complexity index is 615. The number of hydrogen-bond donors (Lipinski definition) is 0. The zero-order valence-electron chi connectivity index (χ0n) is 11.6. The normalized spacial score (nSPS) is 19.7. The third-order valence-corrected chi connectivity index (χ3v) is 5.53. The predicted octanol–water partition coefficient (Wildman–Crippen LogP) is 0.114. The summed E-state index contributed by atoms with van der Waals surface area (Å²) in [6, 6.07) is -0.878. The molecule has 0 fully saturated rings. The largest absolute Gasteiger partial charge is 0.468 e. The molecule has 0 amide bonds. The molecule has 1 unspecified atom stereocenters. The van der Waals surface area contributed by atoms with Crippen LogP contribution in [0.2, 0.25) is 0 Å². The van der Waals surface area contributed by atoms with Crippen LogP contribution in [0.3, 0.4) is 0 Å². The van der Waals surface area contributed by atoms with Gasteiger partial charge >= 0.3 is 5.97 Å². The third-order valence-electron chi connectivity index (χ3n) is 3.30. The number of carbonyl (C=O) groups excluding carboxylic acids is 1. The Balaban J connectivity index is 2.46. The molecule has 0 spiro atoms. The fraction of sp³-hybridized carbons (Fsp3) is 0.583. The highest BCUT2D eigenvalue weighted by Crippen LogP contribution is 2.25. The molecule has 0 bridgehead atoms. The average molecular weight is 299 g/mol. The number of sulfonamides is 1. The molecule has 0 saturated heterocycles. The van der Waals surface area contributed by atoms with Crippen molar-refractivity contribution in [2.45, 2.75) is 38.1 Å². The average Bonchev–Trinajstić information content (AvgIpc) is 2.44. The minimum Gasteiger partial charge on any atom is -0.468 e. The van der Waals surface area contributed by atoms with E-state index in [1.165, 1.54) is 23.8 Å². The molecule has 1 aromatic rings. The van der Waals surface area contributed by atoms with E-state index >= 15 is 0 Å². The van der Waals surface area contributed by atoms with E-state index in [0.29, 0.717) is 11.4 Å². The minimum absolute atomic E-state index is 0.0451. The van der Waals surface area contributed by atoms with E-state index in [4.69, 9.17) is 4.74 Å². The first-order valence-electron chi connectivity index (χ1n) is 6.25. The first kappa shape index (κ1) is 14.9. The highest BCUT2D eigenvalue weighted by Gasteiger charge is 2.41. The van der Waals surface area contributed by atoms with Crippen molar-refractivity contribution < 1.29 is 17.9 Å². The van der Waals surface area contributed by atoms with Crippen molar-refractivity contribution in [1.29, 1.82) is 0 Å². The number of fused-ring (bicyclic) bond motifs is 1. The lowest BCUT2D eigenvalue weighted by Crippen LogP contribution is -2.51. The molecule has 8 heteroatoms. The number of hydrogen-bond acceptors (Lipinski definition) is 6. The molecule has 20 heavy (non-hydrogen) atoms. The summed E-state index contributed by atoms with van der Waals surface area (Å²) >= 11 is 0. The van der Waals surface area contributed by atoms with Gasteiger partial charge in [0.1, 0.15) is 6.04 Å². The molecule has 1 aromatic heterocycles. The van der Waals surface area contributed by atoms with Gasteiger partial charge in [0.15, 0.2) is 0 Å². The fourth-order valence-electron chi connectivity index (χ4n) is 2.12. The molecule has 0 saturated carbocycles. The van der Waals surface area contributed by atoms with Crippen LogP contribution in [0, 0.1) is 0 Å². The molecule has 1 aliphatic rings. The second-order valence-electron chi connectivity index (χ2n) is 4.83. The molecule has 0 aliphatic carbocycles. The van der Waals surface area contributed by atoms with Gasteiger partial charge in [-0.25, -0.2) is 8.42 Å². The molecular formula is C12H17N3O4S. The van der Waals surface area contributed by atoms with Crippen LogP contribution in [0.1, 0.15) is 25.2 Å². The summed E-state index contributed by atoms with van der Waals surface area (Å²) in [4.78, 5) is 20.2. The fourth-order valence-corrected chi connectivity index (χ4v) is 3.48. The summed E-state index contributed by atoms with van der Waals surface area (Å²) in [7, 11) is -2.34. The molecule has 2 heterocycles. The lowest BCUT2D eigenvalue weighted by atomic mass is 10.1. The maximum Gasteiger partial charge on any atom is 0.324 e. The van der Waals surface area contributed by atoms with Crippen LogP contribution in [0.25, 0.3) is 0 Å². The Kier molecular flexibility index (Phi) is 4.05. The standard InChI is InChI=1S/C12H17N3O4S/c1-8(2)20(17,18)15-7-10-9(13-4-5-14-10)6-11(15)12(16)19-3/h4-5,8,11H,6-7H2,1-3H3. The number of nitrogens with zero attached hydrogens (tertiary/aromatic N) is 3. The van der Waals surface area contributed by atoms with E-state index in [-0.39, 0.29) is 13.0 Å². The minimum atomic E-state index is -3.58. The van der Waals surface area contributed by atoms with Gasteiger partial charge in [-0.1, -0.05) is 0 Å². The lowest BCUT2D eigenvalue weighted by molar-refractivity contribution is -0.145. The van der Waals surface area contributed by atoms with E-state index in [1.54, 1.807) is 13.8 Å². The van der Waals surface area contributed by atoms with Gasteiger partial charge in [0.05, 0.1) is 30.3 Å². The smallest absolute Gasteiger partial charge is 0.324 e. The van der Waals surface area contributed by atoms with Crippen LogP contribution in [-0.2, 0) is 32.5 Å². The Morgan fingerprint density at radius 3 is 2.50 bits per heavy atom. The summed E-state index contributed by atoms with van der Waals surface area (Å²) in [5.74, 6) is -0.578. The van der Waals surface area contributed by atoms with Crippen LogP contribution in [-0.4, -0.2) is 47.1 Å². The third kappa shape index (κ3) is 2.53. The number of aromatic nitrogens is 2. The van der Waals surface area contributed by atoms with Gasteiger partial charge in [-0.05, 0) is 13.8 Å². The maximum absolute atomic E-state index is 12.4. The number of esters is 1. The van der Waals surface area contributed by atoms with E-state index in [2.05, 4.69) is 9.97 Å². The molecular weight excluding hydrogens is 282 g/mol. The number of methoxy groups -OCH3 is 1. The molecule has 110 valence electrons. The van der Waals surface area contributed by atoms with Crippen molar-refractivity contribution in [3.05, 3.63) is 23.8 Å². The second-order valence-corrected chi connectivity index (χ2v) is 7.27. The van der Waals surface area contributed by atoms with Crippen molar-refractivity contribution in [2.24, 2.45) is 0 Å². The predicted molar refractivity (Wildman–Crippen MR) is 71.1 cm³/mol. The van der Waals surface area contributed by atoms with Crippen LogP contribution >= 0.6 is 0 Å². The molecule has 0 radical (unpaired) electrons. The van der Waals surface area contributed by atoms with Crippen molar-refractivity contribution >= 4 is 16.0 Å². The Morgan fingerprint density at radius 2 is 1.95 bits per heavy atom. The van der Waals surface area contributed by atoms with Gasteiger partial charge < -0.3 is 4.74 Å². The van der Waals surface area contributed by atoms with Crippen LogP contribution in [0.5, 0.6) is 0 Å². The summed E-state index contributed by atoms with van der Waals surface area (Å²) in [6.07, 6.45) is 3.22. The van der Waals surface area contributed by atoms with E-state index in [9.17, 15) is 13.2 Å². The van der Waals surface area contributed by atoms with Crippen molar-refractivity contribution in [3.63, 3.8) is 0 Å². The Hall–Kier alpha value is -1.54. The summed E-state index contributed by atoms with van der Waals surface area (Å²) in [5.41, 5.74) is 1.22. The summed E-state index contributed by atoms with van der Waals surface area (Å²) < 4.78 is 30.7. The van der Waals surface area contributed by atoms with Gasteiger partial charge in [0.2, 0.25) is 10.0 Å². The molecule has 1 aliphatic heterocycles. The maximum atomic E-state index is 12.4. The Morgan fingerprint density at radius 1 is 1.35 bits per heavy atom. The zero-order valence-corrected chi connectivity index (χ0v) is 12.4. The van der Waals surface area contributed by atoms with E-state index in [1.807, 2.05) is 0 Å². The molecule has 0 N–H and O–H groups in total. The summed E-state index contributed by atoms with van der Waals surface area (Å²) in [6.45, 7) is 3.20. The van der Waals surface area contributed by atoms with Crippen molar-refractivity contribution in [1.82, 2.24) is 14.3 Å². The number of rotatable bonds is 3. The summed E-state index contributed by atoms with van der Waals surface area (Å²) in [5, 5.41) is -0.618. The van der Waals surface area contributed by atoms with Crippen molar-refractivity contribution in [3.8, 4) is 0 Å². The SMILES string of the molecule is COC(=O)C1Cc2nccnc2CN1S(=O)(=O)C(C)C. The molecule has 0 aromatic carbocycles. The van der Waals surface area contributed by atoms with E-state index in [0.717, 1.165) is 0 Å². The first-order valence-corrected chi connectivity index (χ1v) is 7.75. The van der Waals surface area contributed by atoms with Crippen LogP contribution in [0.4, 0.5) is 0 Å². The van der Waals surface area contributed by atoms with Crippen molar-refractivity contribution in [2.75, 3.05) is 7.11 Å². The first-order chi connectivity index (χ1) is 9.37. The monoisotopic (exact) mass is 299 g/mol. The Labute approximate surface area is 118 Å². The molecule has 2 rings (SSSR count). The quantitative estimate of drug-likeness (QED) is 0.736. The van der Waals surface area contributed by atoms with Gasteiger partial charge in [0.25, 0.3) is 0 Å². The topological polar surface area (TPSA) is 89.5 Å². The molecule has 7 nitrogen and oxygen atoms in total. The highest BCUT2D eigenvalue weighted by molar-refractivity contribution is 7.89. The highest BCUT2D eigenvalue weighted by atomic mass is 32.2. The van der Waals surface area contributed by atoms with Crippen LogP contribution < -0.4 is 0 Å². The van der Waals surface area contributed by atoms with E-state index < -0.39 is 27.3 Å².